The molecule has 2 N–H and O–H groups in total. The number of likely N-dealkylation sites (N-methyl/N-ethyl adjacent to an activating group) is 1. The fraction of sp³-hybridized carbons (Fsp3) is 0.667. The van der Waals surface area contributed by atoms with E-state index in [1.165, 1.54) is 0 Å². The number of carbonyl (C=O) groups is 2. The zero-order valence-electron chi connectivity index (χ0n) is 11.1. The molecule has 0 aliphatic heterocycles. The van der Waals surface area contributed by atoms with Crippen LogP contribution in [-0.4, -0.2) is 48.9 Å². The molecule has 0 aromatic carbocycles. The Morgan fingerprint density at radius 2 is 1.94 bits per heavy atom. The average Bonchev–Trinajstić information content (AvgIpc) is 2.33. The Balaban J connectivity index is 4.18. The summed E-state index contributed by atoms with van der Waals surface area (Å²) in [4.78, 5) is 24.9. The summed E-state index contributed by atoms with van der Waals surface area (Å²) in [5.74, 6) is -0.153. The van der Waals surface area contributed by atoms with E-state index in [1.807, 2.05) is 6.92 Å². The second-order valence-corrected chi connectivity index (χ2v) is 4.00. The van der Waals surface area contributed by atoms with Crippen molar-refractivity contribution in [2.75, 3.05) is 20.1 Å². The van der Waals surface area contributed by atoms with E-state index in [-0.39, 0.29) is 17.9 Å². The highest BCUT2D eigenvalue weighted by Crippen LogP contribution is 1.94. The van der Waals surface area contributed by atoms with Crippen molar-refractivity contribution in [3.05, 3.63) is 12.7 Å². The van der Waals surface area contributed by atoms with Gasteiger partial charge in [-0.1, -0.05) is 6.08 Å². The number of rotatable bonds is 7. The van der Waals surface area contributed by atoms with Gasteiger partial charge in [0.05, 0.1) is 12.1 Å². The van der Waals surface area contributed by atoms with E-state index in [9.17, 15) is 9.59 Å². The molecule has 5 nitrogen and oxygen atoms in total. The maximum absolute atomic E-state index is 11.8. The number of amides is 2. The van der Waals surface area contributed by atoms with Crippen LogP contribution >= 0.6 is 0 Å². The molecule has 0 fully saturated rings. The van der Waals surface area contributed by atoms with Gasteiger partial charge in [0.25, 0.3) is 0 Å². The van der Waals surface area contributed by atoms with Crippen molar-refractivity contribution in [2.45, 2.75) is 32.9 Å². The van der Waals surface area contributed by atoms with E-state index in [1.54, 1.807) is 31.9 Å². The number of nitrogens with zero attached hydrogens (tertiary/aromatic N) is 1. The van der Waals surface area contributed by atoms with Gasteiger partial charge in [0.1, 0.15) is 0 Å². The minimum Gasteiger partial charge on any atom is -0.351 e. The first kappa shape index (κ1) is 15.6. The fourth-order valence-electron chi connectivity index (χ4n) is 1.33. The molecule has 0 heterocycles. The van der Waals surface area contributed by atoms with Crippen LogP contribution in [0, 0.1) is 0 Å². The summed E-state index contributed by atoms with van der Waals surface area (Å²) in [5, 5.41) is 5.64. The van der Waals surface area contributed by atoms with Crippen molar-refractivity contribution >= 4 is 11.8 Å². The Kier molecular flexibility index (Phi) is 7.21. The van der Waals surface area contributed by atoms with E-state index < -0.39 is 6.04 Å². The SMILES string of the molecule is C=CCNC(=O)C(C)NC(C)C(=O)N(C)CC. The van der Waals surface area contributed by atoms with Gasteiger partial charge in [-0.2, -0.15) is 0 Å². The molecule has 5 heteroatoms. The topological polar surface area (TPSA) is 61.4 Å². The van der Waals surface area contributed by atoms with Crippen LogP contribution in [-0.2, 0) is 9.59 Å². The Hall–Kier alpha value is -1.36. The van der Waals surface area contributed by atoms with Gasteiger partial charge < -0.3 is 10.2 Å². The number of hydrogen-bond acceptors (Lipinski definition) is 3. The minimum atomic E-state index is -0.404. The maximum Gasteiger partial charge on any atom is 0.239 e. The van der Waals surface area contributed by atoms with E-state index >= 15 is 0 Å². The molecule has 0 aliphatic rings. The van der Waals surface area contributed by atoms with Crippen molar-refractivity contribution in [2.24, 2.45) is 0 Å². The quantitative estimate of drug-likeness (QED) is 0.623. The van der Waals surface area contributed by atoms with Gasteiger partial charge in [-0.3, -0.25) is 14.9 Å². The number of nitrogens with one attached hydrogen (secondary N) is 2. The van der Waals surface area contributed by atoms with Gasteiger partial charge in [-0.15, -0.1) is 6.58 Å². The Morgan fingerprint density at radius 3 is 2.41 bits per heavy atom. The summed E-state index contributed by atoms with van der Waals surface area (Å²) in [7, 11) is 1.74. The monoisotopic (exact) mass is 241 g/mol. The lowest BCUT2D eigenvalue weighted by atomic mass is 10.2. The molecule has 0 bridgehead atoms. The van der Waals surface area contributed by atoms with Crippen LogP contribution in [0.25, 0.3) is 0 Å². The fourth-order valence-corrected chi connectivity index (χ4v) is 1.33. The van der Waals surface area contributed by atoms with Crippen LogP contribution in [0.5, 0.6) is 0 Å². The molecule has 0 saturated carbocycles. The van der Waals surface area contributed by atoms with Crippen molar-refractivity contribution in [1.29, 1.82) is 0 Å². The van der Waals surface area contributed by atoms with Crippen LogP contribution in [0.1, 0.15) is 20.8 Å². The third-order valence-electron chi connectivity index (χ3n) is 2.53. The van der Waals surface area contributed by atoms with Crippen LogP contribution in [0.3, 0.4) is 0 Å². The number of carbonyl (C=O) groups excluding carboxylic acids is 2. The van der Waals surface area contributed by atoms with Gasteiger partial charge in [0, 0.05) is 20.1 Å². The first-order valence-electron chi connectivity index (χ1n) is 5.83. The van der Waals surface area contributed by atoms with Gasteiger partial charge in [0.2, 0.25) is 11.8 Å². The highest BCUT2D eigenvalue weighted by atomic mass is 16.2. The number of hydrogen-bond donors (Lipinski definition) is 2. The summed E-state index contributed by atoms with van der Waals surface area (Å²) < 4.78 is 0. The first-order valence-corrected chi connectivity index (χ1v) is 5.83. The van der Waals surface area contributed by atoms with Gasteiger partial charge >= 0.3 is 0 Å². The molecule has 0 aromatic heterocycles. The molecule has 0 rings (SSSR count). The Bertz CT molecular complexity index is 279. The largest absolute Gasteiger partial charge is 0.351 e. The molecule has 17 heavy (non-hydrogen) atoms. The molecule has 2 amide bonds. The normalized spacial score (nSPS) is 13.6. The van der Waals surface area contributed by atoms with Crippen molar-refractivity contribution in [3.63, 3.8) is 0 Å². The standard InChI is InChI=1S/C12H23N3O2/c1-6-8-13-11(16)9(3)14-10(4)12(17)15(5)7-2/h6,9-10,14H,1,7-8H2,2-5H3,(H,13,16). The second kappa shape index (κ2) is 7.84. The van der Waals surface area contributed by atoms with Crippen LogP contribution in [0.4, 0.5) is 0 Å². The highest BCUT2D eigenvalue weighted by Gasteiger charge is 2.21. The zero-order chi connectivity index (χ0) is 13.4. The van der Waals surface area contributed by atoms with Crippen LogP contribution in [0.2, 0.25) is 0 Å². The van der Waals surface area contributed by atoms with E-state index in [2.05, 4.69) is 17.2 Å². The molecule has 0 aromatic rings. The van der Waals surface area contributed by atoms with Crippen LogP contribution < -0.4 is 10.6 Å². The molecular weight excluding hydrogens is 218 g/mol. The first-order chi connectivity index (χ1) is 7.93. The summed E-state index contributed by atoms with van der Waals surface area (Å²) in [6.45, 7) is 10.0. The Morgan fingerprint density at radius 1 is 1.35 bits per heavy atom. The summed E-state index contributed by atoms with van der Waals surface area (Å²) in [6.07, 6.45) is 1.62. The molecule has 0 saturated heterocycles. The van der Waals surface area contributed by atoms with Crippen LogP contribution in [0.15, 0.2) is 12.7 Å². The Labute approximate surface area is 103 Å². The van der Waals surface area contributed by atoms with E-state index in [0.29, 0.717) is 13.1 Å². The van der Waals surface area contributed by atoms with Gasteiger partial charge in [0.15, 0.2) is 0 Å². The molecule has 2 unspecified atom stereocenters. The summed E-state index contributed by atoms with van der Waals surface area (Å²) in [6, 6.07) is -0.774. The zero-order valence-corrected chi connectivity index (χ0v) is 11.1. The molecule has 0 aliphatic carbocycles. The lowest BCUT2D eigenvalue weighted by molar-refractivity contribution is -0.132. The predicted octanol–water partition coefficient (Wildman–Crippen LogP) is 0.134. The summed E-state index contributed by atoms with van der Waals surface area (Å²) in [5.41, 5.74) is 0. The molecular formula is C12H23N3O2. The van der Waals surface area contributed by atoms with Crippen molar-refractivity contribution < 1.29 is 9.59 Å². The molecule has 2 atom stereocenters. The summed E-state index contributed by atoms with van der Waals surface area (Å²) >= 11 is 0. The van der Waals surface area contributed by atoms with Gasteiger partial charge in [-0.05, 0) is 20.8 Å². The lowest BCUT2D eigenvalue weighted by Crippen LogP contribution is -2.51. The molecule has 98 valence electrons. The predicted molar refractivity (Wildman–Crippen MR) is 68.6 cm³/mol. The van der Waals surface area contributed by atoms with Crippen molar-refractivity contribution in [1.82, 2.24) is 15.5 Å². The molecule has 0 spiro atoms. The second-order valence-electron chi connectivity index (χ2n) is 4.00. The third kappa shape index (κ3) is 5.49. The smallest absolute Gasteiger partial charge is 0.239 e. The maximum atomic E-state index is 11.8. The van der Waals surface area contributed by atoms with Crippen molar-refractivity contribution in [3.8, 4) is 0 Å². The lowest BCUT2D eigenvalue weighted by Gasteiger charge is -2.23. The van der Waals surface area contributed by atoms with E-state index in [0.717, 1.165) is 0 Å². The third-order valence-corrected chi connectivity index (χ3v) is 2.53. The molecule has 0 radical (unpaired) electrons. The minimum absolute atomic E-state index is 0.0177. The highest BCUT2D eigenvalue weighted by molar-refractivity contribution is 5.84. The van der Waals surface area contributed by atoms with E-state index in [4.69, 9.17) is 0 Å². The van der Waals surface area contributed by atoms with Gasteiger partial charge in [-0.25, -0.2) is 0 Å². The average molecular weight is 241 g/mol.